The summed E-state index contributed by atoms with van der Waals surface area (Å²) in [4.78, 5) is 98.0. The first kappa shape index (κ1) is 61.2. The van der Waals surface area contributed by atoms with E-state index in [9.17, 15) is 64.2 Å². The Kier molecular flexibility index (Phi) is 22.3. The van der Waals surface area contributed by atoms with Crippen molar-refractivity contribution in [1.82, 2.24) is 41.5 Å². The van der Waals surface area contributed by atoms with Gasteiger partial charge in [0.1, 0.15) is 72.6 Å². The van der Waals surface area contributed by atoms with Gasteiger partial charge in [0.05, 0.1) is 12.6 Å². The van der Waals surface area contributed by atoms with Gasteiger partial charge in [0.25, 0.3) is 5.56 Å². The summed E-state index contributed by atoms with van der Waals surface area (Å²) in [5.74, 6) is -4.38. The number of unbranched alkanes of at least 4 members (excludes halogenated alkanes) is 3. The molecule has 2 aromatic carbocycles. The third kappa shape index (κ3) is 16.1. The molecule has 0 aliphatic carbocycles. The number of carboxylic acids is 2. The molecule has 0 unspecified atom stereocenters. The van der Waals surface area contributed by atoms with Crippen LogP contribution in [0.25, 0.3) is 11.1 Å². The number of nitrogens with one attached hydrogen (secondary N) is 7. The number of rotatable bonds is 28. The van der Waals surface area contributed by atoms with Crippen LogP contribution in [0.5, 0.6) is 5.75 Å². The number of H-pyrrole nitrogens is 1. The lowest BCUT2D eigenvalue weighted by molar-refractivity contribution is -0.228. The van der Waals surface area contributed by atoms with E-state index in [4.69, 9.17) is 30.4 Å². The van der Waals surface area contributed by atoms with Crippen molar-refractivity contribution in [1.29, 1.82) is 0 Å². The molecule has 17 N–H and O–H groups in total. The van der Waals surface area contributed by atoms with Gasteiger partial charge in [-0.2, -0.15) is 0 Å². The second kappa shape index (κ2) is 28.7. The first-order valence-corrected chi connectivity index (χ1v) is 26.2. The normalized spacial score (nSPS) is 24.7. The maximum atomic E-state index is 14.4. The Labute approximate surface area is 453 Å². The van der Waals surface area contributed by atoms with Crippen molar-refractivity contribution in [2.75, 3.05) is 32.8 Å². The van der Waals surface area contributed by atoms with E-state index in [1.54, 1.807) is 38.1 Å². The molecule has 1 aromatic heterocycles. The van der Waals surface area contributed by atoms with Gasteiger partial charge in [-0.15, -0.1) is 0 Å². The minimum Gasteiger partial charge on any atom is -0.494 e. The molecule has 0 saturated carbocycles. The van der Waals surface area contributed by atoms with E-state index in [1.807, 2.05) is 29.2 Å². The molecule has 4 heterocycles. The molecule has 28 nitrogen and oxygen atoms in total. The predicted octanol–water partition coefficient (Wildman–Crippen LogP) is -2.57. The average Bonchev–Trinajstić information content (AvgIpc) is 3.93. The molecular formula is C51H73N11O17. The number of carboxylic acid groups (broad SMARTS) is 2. The monoisotopic (exact) mass is 1110 g/mol. The highest BCUT2D eigenvalue weighted by Gasteiger charge is 2.54. The Morgan fingerprint density at radius 2 is 1.49 bits per heavy atom. The van der Waals surface area contributed by atoms with Gasteiger partial charge >= 0.3 is 23.7 Å². The van der Waals surface area contributed by atoms with Crippen LogP contribution in [-0.4, -0.2) is 182 Å². The largest absolute Gasteiger partial charge is 0.494 e. The molecule has 3 aliphatic rings. The van der Waals surface area contributed by atoms with Gasteiger partial charge < -0.3 is 93.0 Å². The number of aromatic nitrogens is 2. The van der Waals surface area contributed by atoms with Gasteiger partial charge in [-0.25, -0.2) is 19.4 Å². The number of ether oxygens (including phenoxy) is 4. The highest BCUT2D eigenvalue weighted by Crippen LogP contribution is 2.35. The van der Waals surface area contributed by atoms with Crippen molar-refractivity contribution >= 4 is 35.7 Å². The summed E-state index contributed by atoms with van der Waals surface area (Å²) in [5, 5.41) is 80.0. The van der Waals surface area contributed by atoms with Crippen LogP contribution in [0.2, 0.25) is 0 Å². The van der Waals surface area contributed by atoms with Crippen molar-refractivity contribution < 1.29 is 73.6 Å². The van der Waals surface area contributed by atoms with Crippen molar-refractivity contribution in [2.45, 2.75) is 145 Å². The zero-order chi connectivity index (χ0) is 57.5. The number of aliphatic imine (C=N–C) groups is 1. The number of aliphatic carboxylic acids is 2. The fourth-order valence-corrected chi connectivity index (χ4v) is 9.26. The van der Waals surface area contributed by atoms with Crippen LogP contribution in [0.3, 0.4) is 0 Å². The fraction of sp³-hybridized carbons (Fsp3) is 0.569. The molecule has 3 aromatic rings. The van der Waals surface area contributed by atoms with Gasteiger partial charge in [-0.1, -0.05) is 76.4 Å². The van der Waals surface area contributed by atoms with Crippen molar-refractivity contribution in [3.63, 3.8) is 0 Å². The number of aliphatic hydroxyl groups is 4. The summed E-state index contributed by atoms with van der Waals surface area (Å²) in [6, 6.07) is 7.10. The zero-order valence-corrected chi connectivity index (χ0v) is 43.9. The number of urea groups is 1. The lowest BCUT2D eigenvalue weighted by atomic mass is 9.98. The number of carbonyl (C=O) groups excluding carboxylic acids is 3. The summed E-state index contributed by atoms with van der Waals surface area (Å²) < 4.78 is 24.0. The van der Waals surface area contributed by atoms with Gasteiger partial charge in [0.2, 0.25) is 11.8 Å². The number of hydrogen-bond donors (Lipinski definition) is 15. The maximum Gasteiger partial charge on any atom is 0.330 e. The number of hydrogen-bond acceptors (Lipinski definition) is 20. The molecule has 79 heavy (non-hydrogen) atoms. The first-order chi connectivity index (χ1) is 37.7. The van der Waals surface area contributed by atoms with Crippen LogP contribution in [0.15, 0.2) is 75.4 Å². The molecule has 0 bridgehead atoms. The molecule has 4 amide bonds. The third-order valence-electron chi connectivity index (χ3n) is 13.6. The number of amides is 4. The Balaban J connectivity index is 1.21. The number of carbonyl (C=O) groups is 5. The lowest BCUT2D eigenvalue weighted by Gasteiger charge is -2.33. The first-order valence-electron chi connectivity index (χ1n) is 26.2. The standard InChI is InChI=1S/C51H73N11O17/c1-4-5-6-7-23-76-29-15-13-27(14-16-29)26-9-11-28(12-10-26)34(59-44(69)35(30-17-21-56-49(53)57-30)61-50(74)60-33(25(2)3)46(70)71)43(68)55-20-8-19-54-36(47(72)73)41(79-48-40(67)37(64)31(24-52)77-48)42-38(65)39(66)45(78-42)62-22-18-32(63)58-51(62)75/h9-16,18,22,25,30-31,33-42,45,48,54,64-67H,4-8,17,19-21,23-24,52H2,1-3H3,(H,55,68)(H,59,69)(H,70,71)(H,72,73)(H3,53,56,57)(H,58,63,75)(H2,60,61,74)/t30-,31+,33-,34+,35-,36-,37+,38-,39+,40+,41-,42-,45+,48-/m0/s1. The van der Waals surface area contributed by atoms with E-state index >= 15 is 0 Å². The zero-order valence-electron chi connectivity index (χ0n) is 43.9. The highest BCUT2D eigenvalue weighted by atomic mass is 16.7. The van der Waals surface area contributed by atoms with Crippen LogP contribution in [0.4, 0.5) is 4.79 Å². The molecule has 0 spiro atoms. The van der Waals surface area contributed by atoms with Crippen molar-refractivity contribution in [3.05, 3.63) is 87.2 Å². The Hall–Kier alpha value is -7.02. The number of aromatic amines is 1. The molecular weight excluding hydrogens is 1040 g/mol. The van der Waals surface area contributed by atoms with E-state index in [0.717, 1.165) is 53.6 Å². The van der Waals surface area contributed by atoms with E-state index in [1.165, 1.54) is 0 Å². The van der Waals surface area contributed by atoms with E-state index in [-0.39, 0.29) is 45.0 Å². The third-order valence-corrected chi connectivity index (χ3v) is 13.6. The summed E-state index contributed by atoms with van der Waals surface area (Å²) in [6.45, 7) is 5.50. The predicted molar refractivity (Wildman–Crippen MR) is 281 cm³/mol. The SMILES string of the molecule is CCCCCCOc1ccc(-c2ccc([C@@H](NC(=O)[C@@H](NC(=O)N[C@H](C(=O)O)C(C)C)[C@@H]3CCNC(N)=N3)C(=O)NCCCN[C@H](C(=O)O)[C@H](O[C@@H]3O[C@H](CN)[C@@H](O)[C@H]3O)[C@H]3O[C@@H](n4ccc(=O)[nH]c4=O)[C@H](O)[C@@H]3O)cc2)cc1. The molecule has 28 heteroatoms. The summed E-state index contributed by atoms with van der Waals surface area (Å²) in [5.41, 5.74) is 11.7. The molecule has 6 rings (SSSR count). The van der Waals surface area contributed by atoms with Gasteiger partial charge in [0, 0.05) is 31.9 Å². The number of benzene rings is 2. The number of aliphatic hydroxyl groups excluding tert-OH is 4. The van der Waals surface area contributed by atoms with Crippen LogP contribution < -0.4 is 59.4 Å². The summed E-state index contributed by atoms with van der Waals surface area (Å²) in [7, 11) is 0. The van der Waals surface area contributed by atoms with Gasteiger partial charge in [-0.05, 0) is 60.5 Å². The van der Waals surface area contributed by atoms with Crippen LogP contribution in [0.1, 0.15) is 77.1 Å². The quantitative estimate of drug-likeness (QED) is 0.0332. The fourth-order valence-electron chi connectivity index (χ4n) is 9.26. The molecule has 3 aliphatic heterocycles. The topological polar surface area (TPSA) is 435 Å². The van der Waals surface area contributed by atoms with Crippen molar-refractivity contribution in [2.24, 2.45) is 22.4 Å². The van der Waals surface area contributed by atoms with Gasteiger partial charge in [-0.3, -0.25) is 28.7 Å². The second-order valence-corrected chi connectivity index (χ2v) is 19.7. The molecule has 434 valence electrons. The average molecular weight is 1110 g/mol. The second-order valence-electron chi connectivity index (χ2n) is 19.7. The van der Waals surface area contributed by atoms with Crippen molar-refractivity contribution in [3.8, 4) is 16.9 Å². The van der Waals surface area contributed by atoms with Gasteiger partial charge in [0.15, 0.2) is 18.5 Å². The molecule has 14 atom stereocenters. The van der Waals surface area contributed by atoms with Crippen LogP contribution in [0, 0.1) is 5.92 Å². The molecule has 2 saturated heterocycles. The minimum absolute atomic E-state index is 0.0169. The molecule has 2 fully saturated rings. The Morgan fingerprint density at radius 1 is 0.810 bits per heavy atom. The lowest BCUT2D eigenvalue weighted by Crippen LogP contribution is -2.60. The number of guanidine groups is 1. The molecule has 0 radical (unpaired) electrons. The highest BCUT2D eigenvalue weighted by molar-refractivity contribution is 5.94. The number of nitrogens with zero attached hydrogens (tertiary/aromatic N) is 2. The van der Waals surface area contributed by atoms with E-state index < -0.39 is 132 Å². The smallest absolute Gasteiger partial charge is 0.330 e. The van der Waals surface area contributed by atoms with E-state index in [0.29, 0.717) is 17.9 Å². The Bertz CT molecular complexity index is 2670. The minimum atomic E-state index is -1.96. The van der Waals surface area contributed by atoms with Crippen LogP contribution in [-0.2, 0) is 33.4 Å². The Morgan fingerprint density at radius 3 is 2.10 bits per heavy atom. The number of nitrogens with two attached hydrogens (primary N) is 2. The summed E-state index contributed by atoms with van der Waals surface area (Å²) in [6.07, 6.45) is -10.0. The van der Waals surface area contributed by atoms with E-state index in [2.05, 4.69) is 43.8 Å². The summed E-state index contributed by atoms with van der Waals surface area (Å²) >= 11 is 0. The maximum absolute atomic E-state index is 14.4. The van der Waals surface area contributed by atoms with Crippen LogP contribution >= 0.6 is 0 Å².